The summed E-state index contributed by atoms with van der Waals surface area (Å²) in [5.74, 6) is -0.835. The highest BCUT2D eigenvalue weighted by Gasteiger charge is 2.14. The average Bonchev–Trinajstić information content (AvgIpc) is 2.54. The molecule has 25 heavy (non-hydrogen) atoms. The average molecular weight is 406 g/mol. The molecule has 0 spiro atoms. The molecule has 2 aromatic rings. The molecule has 2 N–H and O–H groups in total. The molecule has 7 nitrogen and oxygen atoms in total. The smallest absolute Gasteiger partial charge is 0.272 e. The minimum Gasteiger partial charge on any atom is -0.343 e. The zero-order chi connectivity index (χ0) is 18.6. The second kappa shape index (κ2) is 7.89. The topological polar surface area (TPSA) is 101 Å². The Kier molecular flexibility index (Phi) is 5.87. The van der Waals surface area contributed by atoms with Crippen molar-refractivity contribution in [3.8, 4) is 0 Å². The molecule has 2 amide bonds. The first kappa shape index (κ1) is 18.6. The van der Waals surface area contributed by atoms with E-state index in [0.29, 0.717) is 11.3 Å². The summed E-state index contributed by atoms with van der Waals surface area (Å²) in [6, 6.07) is 9.49. The highest BCUT2D eigenvalue weighted by Crippen LogP contribution is 2.20. The fourth-order valence-corrected chi connectivity index (χ4v) is 2.70. The van der Waals surface area contributed by atoms with Gasteiger partial charge < -0.3 is 10.6 Å². The van der Waals surface area contributed by atoms with Gasteiger partial charge in [-0.2, -0.15) is 0 Å². The number of rotatable bonds is 5. The van der Waals surface area contributed by atoms with Crippen LogP contribution in [0.3, 0.4) is 0 Å². The van der Waals surface area contributed by atoms with Gasteiger partial charge in [0.2, 0.25) is 5.91 Å². The van der Waals surface area contributed by atoms with Gasteiger partial charge in [-0.3, -0.25) is 19.7 Å². The van der Waals surface area contributed by atoms with E-state index in [1.54, 1.807) is 19.1 Å². The number of nitro groups is 1. The van der Waals surface area contributed by atoms with Crippen LogP contribution in [0, 0.1) is 24.0 Å². The van der Waals surface area contributed by atoms with Crippen molar-refractivity contribution in [1.29, 1.82) is 0 Å². The van der Waals surface area contributed by atoms with Gasteiger partial charge in [0.25, 0.3) is 11.6 Å². The lowest BCUT2D eigenvalue weighted by Crippen LogP contribution is -2.33. The summed E-state index contributed by atoms with van der Waals surface area (Å²) in [7, 11) is 0. The van der Waals surface area contributed by atoms with Gasteiger partial charge in [0.05, 0.1) is 11.5 Å². The van der Waals surface area contributed by atoms with Crippen molar-refractivity contribution in [3.63, 3.8) is 0 Å². The third-order valence-corrected chi connectivity index (χ3v) is 4.02. The number of nitrogens with one attached hydrogen (secondary N) is 2. The molecular formula is C17H16BrN3O4. The van der Waals surface area contributed by atoms with Crippen LogP contribution in [-0.2, 0) is 4.79 Å². The SMILES string of the molecule is Cc1cc(Br)ccc1NC(=O)CNC(=O)c1ccc([N+](=O)[O-])c(C)c1. The molecule has 0 aromatic heterocycles. The molecule has 0 saturated heterocycles. The van der Waals surface area contributed by atoms with Crippen molar-refractivity contribution < 1.29 is 14.5 Å². The van der Waals surface area contributed by atoms with Crippen molar-refractivity contribution in [3.05, 3.63) is 67.7 Å². The molecule has 0 atom stereocenters. The molecule has 0 bridgehead atoms. The lowest BCUT2D eigenvalue weighted by molar-refractivity contribution is -0.385. The highest BCUT2D eigenvalue weighted by atomic mass is 79.9. The van der Waals surface area contributed by atoms with Gasteiger partial charge in [0, 0.05) is 27.4 Å². The van der Waals surface area contributed by atoms with E-state index in [0.717, 1.165) is 10.0 Å². The first-order chi connectivity index (χ1) is 11.8. The van der Waals surface area contributed by atoms with Crippen LogP contribution in [0.2, 0.25) is 0 Å². The Morgan fingerprint density at radius 3 is 2.44 bits per heavy atom. The Labute approximate surface area is 152 Å². The molecule has 0 fully saturated rings. The summed E-state index contributed by atoms with van der Waals surface area (Å²) in [5.41, 5.74) is 2.14. The van der Waals surface area contributed by atoms with Crippen LogP contribution in [0.5, 0.6) is 0 Å². The van der Waals surface area contributed by atoms with E-state index in [4.69, 9.17) is 0 Å². The molecule has 0 saturated carbocycles. The molecule has 2 aromatic carbocycles. The number of carbonyl (C=O) groups is 2. The maximum absolute atomic E-state index is 12.1. The van der Waals surface area contributed by atoms with Crippen molar-refractivity contribution in [2.45, 2.75) is 13.8 Å². The second-order valence-electron chi connectivity index (χ2n) is 5.45. The van der Waals surface area contributed by atoms with E-state index >= 15 is 0 Å². The van der Waals surface area contributed by atoms with Gasteiger partial charge in [-0.05, 0) is 49.7 Å². The van der Waals surface area contributed by atoms with E-state index in [-0.39, 0.29) is 23.7 Å². The van der Waals surface area contributed by atoms with E-state index in [1.165, 1.54) is 18.2 Å². The fraction of sp³-hybridized carbons (Fsp3) is 0.176. The fourth-order valence-electron chi connectivity index (χ4n) is 2.23. The number of nitrogens with zero attached hydrogens (tertiary/aromatic N) is 1. The third-order valence-electron chi connectivity index (χ3n) is 3.53. The number of halogens is 1. The van der Waals surface area contributed by atoms with Gasteiger partial charge in [-0.1, -0.05) is 15.9 Å². The van der Waals surface area contributed by atoms with Crippen LogP contribution < -0.4 is 10.6 Å². The maximum Gasteiger partial charge on any atom is 0.272 e. The van der Waals surface area contributed by atoms with Crippen LogP contribution in [0.15, 0.2) is 40.9 Å². The quantitative estimate of drug-likeness (QED) is 0.587. The summed E-state index contributed by atoms with van der Waals surface area (Å²) < 4.78 is 0.907. The summed E-state index contributed by atoms with van der Waals surface area (Å²) in [4.78, 5) is 34.3. The zero-order valence-electron chi connectivity index (χ0n) is 13.6. The summed E-state index contributed by atoms with van der Waals surface area (Å²) in [6.07, 6.45) is 0. The van der Waals surface area contributed by atoms with Crippen molar-refractivity contribution in [2.24, 2.45) is 0 Å². The molecule has 0 aliphatic carbocycles. The maximum atomic E-state index is 12.1. The molecule has 0 aliphatic heterocycles. The van der Waals surface area contributed by atoms with E-state index in [9.17, 15) is 19.7 Å². The van der Waals surface area contributed by atoms with Gasteiger partial charge in [0.1, 0.15) is 0 Å². The molecular weight excluding hydrogens is 390 g/mol. The minimum absolute atomic E-state index is 0.0555. The van der Waals surface area contributed by atoms with Gasteiger partial charge >= 0.3 is 0 Å². The number of hydrogen-bond acceptors (Lipinski definition) is 4. The second-order valence-corrected chi connectivity index (χ2v) is 6.36. The molecule has 0 heterocycles. The van der Waals surface area contributed by atoms with E-state index < -0.39 is 10.8 Å². The Bertz CT molecular complexity index is 852. The largest absolute Gasteiger partial charge is 0.343 e. The predicted octanol–water partition coefficient (Wildman–Crippen LogP) is 3.34. The molecule has 2 rings (SSSR count). The van der Waals surface area contributed by atoms with E-state index in [2.05, 4.69) is 26.6 Å². The first-order valence-electron chi connectivity index (χ1n) is 7.37. The van der Waals surface area contributed by atoms with Crippen LogP contribution in [-0.4, -0.2) is 23.3 Å². The Balaban J connectivity index is 1.96. The molecule has 0 unspecified atom stereocenters. The normalized spacial score (nSPS) is 10.2. The van der Waals surface area contributed by atoms with Crippen LogP contribution >= 0.6 is 15.9 Å². The van der Waals surface area contributed by atoms with Crippen LogP contribution in [0.4, 0.5) is 11.4 Å². The number of nitro benzene ring substituents is 1. The Morgan fingerprint density at radius 2 is 1.84 bits per heavy atom. The number of carbonyl (C=O) groups excluding carboxylic acids is 2. The first-order valence-corrected chi connectivity index (χ1v) is 8.16. The number of amides is 2. The van der Waals surface area contributed by atoms with Crippen molar-refractivity contribution in [2.75, 3.05) is 11.9 Å². The van der Waals surface area contributed by atoms with Gasteiger partial charge in [-0.25, -0.2) is 0 Å². The standard InChI is InChI=1S/C17H16BrN3O4/c1-10-8-13(18)4-5-14(10)20-16(22)9-19-17(23)12-3-6-15(21(24)25)11(2)7-12/h3-8H,9H2,1-2H3,(H,19,23)(H,20,22). The number of aryl methyl sites for hydroxylation is 2. The van der Waals surface area contributed by atoms with Crippen LogP contribution in [0.1, 0.15) is 21.5 Å². The van der Waals surface area contributed by atoms with Crippen LogP contribution in [0.25, 0.3) is 0 Å². The van der Waals surface area contributed by atoms with Crippen molar-refractivity contribution in [1.82, 2.24) is 5.32 Å². The lowest BCUT2D eigenvalue weighted by Gasteiger charge is -2.10. The Morgan fingerprint density at radius 1 is 1.12 bits per heavy atom. The summed E-state index contributed by atoms with van der Waals surface area (Å²) in [5, 5.41) is 16.0. The monoisotopic (exact) mass is 405 g/mol. The minimum atomic E-state index is -0.509. The molecule has 8 heteroatoms. The zero-order valence-corrected chi connectivity index (χ0v) is 15.2. The summed E-state index contributed by atoms with van der Waals surface area (Å²) in [6.45, 7) is 3.21. The highest BCUT2D eigenvalue weighted by molar-refractivity contribution is 9.10. The third kappa shape index (κ3) is 4.87. The number of anilines is 1. The lowest BCUT2D eigenvalue weighted by atomic mass is 10.1. The molecule has 0 aliphatic rings. The van der Waals surface area contributed by atoms with E-state index in [1.807, 2.05) is 13.0 Å². The summed E-state index contributed by atoms with van der Waals surface area (Å²) >= 11 is 3.35. The number of benzene rings is 2. The number of hydrogen-bond donors (Lipinski definition) is 2. The van der Waals surface area contributed by atoms with Gasteiger partial charge in [-0.15, -0.1) is 0 Å². The molecule has 130 valence electrons. The van der Waals surface area contributed by atoms with Gasteiger partial charge in [0.15, 0.2) is 0 Å². The predicted molar refractivity (Wildman–Crippen MR) is 97.7 cm³/mol. The Hall–Kier alpha value is -2.74. The molecule has 0 radical (unpaired) electrons. The van der Waals surface area contributed by atoms with Crippen molar-refractivity contribution >= 4 is 39.1 Å².